The number of carbonyl (C=O) groups excluding carboxylic acids is 1. The number of nitrogens with one attached hydrogen (secondary N) is 2. The number of hydrogen-bond acceptors (Lipinski definition) is 3. The molecule has 2 aliphatic rings. The molecule has 0 radical (unpaired) electrons. The Labute approximate surface area is 163 Å². The first-order chi connectivity index (χ1) is 12.1. The van der Waals surface area contributed by atoms with Crippen LogP contribution in [0.5, 0.6) is 0 Å². The average Bonchev–Trinajstić information content (AvgIpc) is 3.16. The van der Waals surface area contributed by atoms with Gasteiger partial charge in [-0.3, -0.25) is 9.57 Å². The summed E-state index contributed by atoms with van der Waals surface area (Å²) >= 11 is 12.4. The third-order valence-electron chi connectivity index (χ3n) is 5.73. The fraction of sp³-hybridized carbons (Fsp3) is 0.611. The summed E-state index contributed by atoms with van der Waals surface area (Å²) in [6.45, 7) is 2.03. The molecule has 1 aliphatic heterocycles. The molecule has 4 nitrogen and oxygen atoms in total. The van der Waals surface area contributed by atoms with Gasteiger partial charge in [0, 0.05) is 26.8 Å². The van der Waals surface area contributed by atoms with Crippen LogP contribution in [0.15, 0.2) is 12.1 Å². The summed E-state index contributed by atoms with van der Waals surface area (Å²) in [5.41, 5.74) is -0.104. The van der Waals surface area contributed by atoms with Gasteiger partial charge >= 0.3 is 0 Å². The van der Waals surface area contributed by atoms with Crippen molar-refractivity contribution in [2.45, 2.75) is 45.1 Å². The number of benzene rings is 1. The van der Waals surface area contributed by atoms with E-state index in [9.17, 15) is 13.4 Å². The van der Waals surface area contributed by atoms with Crippen molar-refractivity contribution in [1.29, 1.82) is 4.78 Å². The maximum Gasteiger partial charge on any atom is 0.224 e. The van der Waals surface area contributed by atoms with Gasteiger partial charge < -0.3 is 5.32 Å². The van der Waals surface area contributed by atoms with Crippen LogP contribution in [0.1, 0.15) is 50.6 Å². The van der Waals surface area contributed by atoms with Gasteiger partial charge in [-0.2, -0.15) is 0 Å². The number of halogens is 3. The number of rotatable bonds is 4. The normalized spacial score (nSPS) is 28.8. The maximum absolute atomic E-state index is 14.7. The van der Waals surface area contributed by atoms with Gasteiger partial charge in [-0.1, -0.05) is 43.0 Å². The molecule has 8 heteroatoms. The van der Waals surface area contributed by atoms with E-state index < -0.39 is 27.5 Å². The molecule has 1 heterocycles. The van der Waals surface area contributed by atoms with Crippen molar-refractivity contribution in [3.63, 3.8) is 0 Å². The molecule has 2 fully saturated rings. The highest BCUT2D eigenvalue weighted by molar-refractivity contribution is 7.92. The van der Waals surface area contributed by atoms with Crippen LogP contribution >= 0.6 is 23.2 Å². The molecule has 1 aromatic carbocycles. The summed E-state index contributed by atoms with van der Waals surface area (Å²) in [6.07, 6.45) is 4.13. The van der Waals surface area contributed by atoms with E-state index in [1.807, 2.05) is 6.92 Å². The zero-order chi connectivity index (χ0) is 19.1. The molecular formula is C18H23Cl2FN2O2S. The van der Waals surface area contributed by atoms with Gasteiger partial charge in [-0.05, 0) is 36.8 Å². The summed E-state index contributed by atoms with van der Waals surface area (Å²) in [6, 6.07) is 2.07. The predicted octanol–water partition coefficient (Wildman–Crippen LogP) is 4.94. The van der Waals surface area contributed by atoms with E-state index in [4.69, 9.17) is 28.0 Å². The van der Waals surface area contributed by atoms with Gasteiger partial charge in [-0.25, -0.2) is 8.60 Å². The predicted molar refractivity (Wildman–Crippen MR) is 103 cm³/mol. The van der Waals surface area contributed by atoms with Crippen molar-refractivity contribution in [3.8, 4) is 0 Å². The van der Waals surface area contributed by atoms with Crippen molar-refractivity contribution in [2.24, 2.45) is 11.3 Å². The van der Waals surface area contributed by atoms with E-state index in [1.54, 1.807) is 0 Å². The van der Waals surface area contributed by atoms with Crippen molar-refractivity contribution in [3.05, 3.63) is 33.6 Å². The van der Waals surface area contributed by atoms with Gasteiger partial charge in [0.1, 0.15) is 5.82 Å². The highest BCUT2D eigenvalue weighted by Crippen LogP contribution is 2.50. The Morgan fingerprint density at radius 2 is 2.04 bits per heavy atom. The van der Waals surface area contributed by atoms with E-state index in [-0.39, 0.29) is 38.4 Å². The van der Waals surface area contributed by atoms with Crippen LogP contribution < -0.4 is 5.32 Å². The summed E-state index contributed by atoms with van der Waals surface area (Å²) in [7, 11) is -2.68. The molecule has 0 aromatic heterocycles. The maximum atomic E-state index is 14.7. The number of carbonyl (C=O) groups is 1. The molecule has 1 amide bonds. The van der Waals surface area contributed by atoms with E-state index in [2.05, 4.69) is 5.32 Å². The zero-order valence-corrected chi connectivity index (χ0v) is 16.9. The average molecular weight is 421 g/mol. The first kappa shape index (κ1) is 19.9. The van der Waals surface area contributed by atoms with Gasteiger partial charge in [0.2, 0.25) is 5.91 Å². The third-order valence-corrected chi connectivity index (χ3v) is 8.39. The quantitative estimate of drug-likeness (QED) is 0.677. The van der Waals surface area contributed by atoms with E-state index >= 15 is 0 Å². The molecular weight excluding hydrogens is 398 g/mol. The fourth-order valence-corrected chi connectivity index (χ4v) is 6.39. The molecule has 0 spiro atoms. The van der Waals surface area contributed by atoms with Crippen molar-refractivity contribution < 1.29 is 13.4 Å². The van der Waals surface area contributed by atoms with Crippen LogP contribution in [0.2, 0.25) is 10.0 Å². The van der Waals surface area contributed by atoms with Crippen LogP contribution in [0, 0.1) is 21.9 Å². The van der Waals surface area contributed by atoms with Crippen LogP contribution in [0.25, 0.3) is 0 Å². The summed E-state index contributed by atoms with van der Waals surface area (Å²) in [5.74, 6) is -0.953. The van der Waals surface area contributed by atoms with Crippen molar-refractivity contribution in [2.75, 3.05) is 11.5 Å². The summed E-state index contributed by atoms with van der Waals surface area (Å²) in [4.78, 5) is 12.8. The molecule has 3 rings (SSSR count). The fourth-order valence-electron chi connectivity index (χ4n) is 4.16. The Hall–Kier alpha value is -0.850. The lowest BCUT2D eigenvalue weighted by atomic mass is 9.76. The van der Waals surface area contributed by atoms with Crippen molar-refractivity contribution in [1.82, 2.24) is 5.32 Å². The molecule has 144 valence electrons. The molecule has 1 aromatic rings. The second-order valence-corrected chi connectivity index (χ2v) is 10.9. The zero-order valence-electron chi connectivity index (χ0n) is 14.6. The molecule has 1 aliphatic carbocycles. The lowest BCUT2D eigenvalue weighted by Gasteiger charge is -2.36. The first-order valence-corrected chi connectivity index (χ1v) is 11.5. The smallest absolute Gasteiger partial charge is 0.224 e. The molecule has 1 unspecified atom stereocenters. The lowest BCUT2D eigenvalue weighted by Crippen LogP contribution is -2.42. The topological polar surface area (TPSA) is 70.0 Å². The first-order valence-electron chi connectivity index (χ1n) is 8.81. The van der Waals surface area contributed by atoms with Gasteiger partial charge in [0.25, 0.3) is 0 Å². The monoisotopic (exact) mass is 420 g/mol. The molecule has 2 N–H and O–H groups in total. The molecule has 3 atom stereocenters. The second kappa shape index (κ2) is 7.28. The van der Waals surface area contributed by atoms with Crippen LogP contribution in [0.4, 0.5) is 4.39 Å². The van der Waals surface area contributed by atoms with E-state index in [1.165, 1.54) is 12.1 Å². The van der Waals surface area contributed by atoms with Gasteiger partial charge in [0.05, 0.1) is 22.0 Å². The minimum Gasteiger partial charge on any atom is -0.348 e. The Bertz CT molecular complexity index is 823. The summed E-state index contributed by atoms with van der Waals surface area (Å²) in [5, 5.41) is 3.35. The number of amides is 1. The third kappa shape index (κ3) is 3.87. The van der Waals surface area contributed by atoms with Crippen LogP contribution in [-0.2, 0) is 14.5 Å². The minimum atomic E-state index is -2.68. The summed E-state index contributed by atoms with van der Waals surface area (Å²) < 4.78 is 34.3. The molecule has 1 saturated carbocycles. The minimum absolute atomic E-state index is 0.0635. The van der Waals surface area contributed by atoms with Gasteiger partial charge in [-0.15, -0.1) is 0 Å². The standard InChI is InChI=1S/C18H23Cl2FN2O2S/c1-18(7-2-3-8-18)16(14-13(21)5-4-12(19)15(14)20)23-17(24)11-6-9-26(22,25)10-11/h4-5,11,16,22H,2-3,6-10H2,1H3,(H,23,24)/t11-,16+,26?/m0/s1. The van der Waals surface area contributed by atoms with E-state index in [0.717, 1.165) is 25.7 Å². The Morgan fingerprint density at radius 1 is 1.38 bits per heavy atom. The Kier molecular flexibility index (Phi) is 5.58. The Morgan fingerprint density at radius 3 is 2.62 bits per heavy atom. The van der Waals surface area contributed by atoms with Gasteiger partial charge in [0.15, 0.2) is 0 Å². The lowest BCUT2D eigenvalue weighted by molar-refractivity contribution is -0.126. The molecule has 0 bridgehead atoms. The number of hydrogen-bond donors (Lipinski definition) is 2. The highest BCUT2D eigenvalue weighted by Gasteiger charge is 2.43. The van der Waals surface area contributed by atoms with E-state index in [0.29, 0.717) is 6.42 Å². The SMILES string of the molecule is CC1([C@H](NC(=O)[C@H]2CCS(=N)(=O)C2)c2c(F)ccc(Cl)c2Cl)CCCC1. The second-order valence-electron chi connectivity index (χ2n) is 7.73. The van der Waals surface area contributed by atoms with Crippen molar-refractivity contribution >= 4 is 38.8 Å². The Balaban J connectivity index is 1.95. The largest absolute Gasteiger partial charge is 0.348 e. The molecule has 26 heavy (non-hydrogen) atoms. The highest BCUT2D eigenvalue weighted by atomic mass is 35.5. The van der Waals surface area contributed by atoms with Crippen LogP contribution in [-0.4, -0.2) is 21.6 Å². The molecule has 1 saturated heterocycles. The van der Waals surface area contributed by atoms with Crippen LogP contribution in [0.3, 0.4) is 0 Å².